The molecule has 0 bridgehead atoms. The molecule has 6 heteroatoms. The van der Waals surface area contributed by atoms with E-state index < -0.39 is 0 Å². The summed E-state index contributed by atoms with van der Waals surface area (Å²) in [7, 11) is 0. The third-order valence-electron chi connectivity index (χ3n) is 6.89. The molecule has 162 valence electrons. The average Bonchev–Trinajstić information content (AvgIpc) is 2.81. The number of piperidine rings is 2. The first-order chi connectivity index (χ1) is 14.8. The van der Waals surface area contributed by atoms with Crippen LogP contribution in [0.15, 0.2) is 36.9 Å². The maximum atomic E-state index is 4.92. The fourth-order valence-electron chi connectivity index (χ4n) is 4.87. The van der Waals surface area contributed by atoms with Crippen molar-refractivity contribution < 1.29 is 0 Å². The highest BCUT2D eigenvalue weighted by molar-refractivity contribution is 5.45. The minimum absolute atomic E-state index is 0.510. The first-order valence-electron chi connectivity index (χ1n) is 11.7. The molecule has 6 nitrogen and oxygen atoms in total. The summed E-state index contributed by atoms with van der Waals surface area (Å²) in [5.41, 5.74) is 2.95. The van der Waals surface area contributed by atoms with E-state index in [0.29, 0.717) is 5.41 Å². The van der Waals surface area contributed by atoms with Gasteiger partial charge in [0.05, 0.1) is 11.9 Å². The van der Waals surface area contributed by atoms with Crippen LogP contribution in [0.25, 0.3) is 0 Å². The lowest BCUT2D eigenvalue weighted by Gasteiger charge is -2.47. The van der Waals surface area contributed by atoms with Gasteiger partial charge >= 0.3 is 0 Å². The quantitative estimate of drug-likeness (QED) is 0.673. The monoisotopic (exact) mass is 408 g/mol. The highest BCUT2D eigenvalue weighted by atomic mass is 15.2. The van der Waals surface area contributed by atoms with Crippen molar-refractivity contribution in [2.75, 3.05) is 49.1 Å². The van der Waals surface area contributed by atoms with E-state index >= 15 is 0 Å². The molecule has 30 heavy (non-hydrogen) atoms. The van der Waals surface area contributed by atoms with Crippen LogP contribution in [0, 0.1) is 5.41 Å². The van der Waals surface area contributed by atoms with Gasteiger partial charge in [-0.3, -0.25) is 9.97 Å². The number of hydrogen-bond acceptors (Lipinski definition) is 6. The van der Waals surface area contributed by atoms with Crippen molar-refractivity contribution in [1.82, 2.24) is 20.3 Å². The Morgan fingerprint density at radius 3 is 2.30 bits per heavy atom. The van der Waals surface area contributed by atoms with Gasteiger partial charge in [0.1, 0.15) is 5.82 Å². The van der Waals surface area contributed by atoms with Gasteiger partial charge in [-0.05, 0) is 75.6 Å². The second-order valence-corrected chi connectivity index (χ2v) is 8.90. The van der Waals surface area contributed by atoms with Crippen molar-refractivity contribution in [2.24, 2.45) is 5.41 Å². The van der Waals surface area contributed by atoms with E-state index in [9.17, 15) is 0 Å². The molecule has 2 aliphatic heterocycles. The van der Waals surface area contributed by atoms with E-state index in [2.05, 4.69) is 44.1 Å². The van der Waals surface area contributed by atoms with Gasteiger partial charge in [0.25, 0.3) is 0 Å². The zero-order valence-corrected chi connectivity index (χ0v) is 18.4. The van der Waals surface area contributed by atoms with Crippen LogP contribution in [0.2, 0.25) is 0 Å². The van der Waals surface area contributed by atoms with E-state index in [4.69, 9.17) is 4.98 Å². The minimum atomic E-state index is 0.510. The smallest absolute Gasteiger partial charge is 0.147 e. The Labute approximate surface area is 181 Å². The molecule has 2 fully saturated rings. The molecule has 0 aliphatic carbocycles. The predicted molar refractivity (Wildman–Crippen MR) is 123 cm³/mol. The number of pyridine rings is 1. The molecule has 0 radical (unpaired) electrons. The molecular weight excluding hydrogens is 372 g/mol. The van der Waals surface area contributed by atoms with Gasteiger partial charge in [-0.15, -0.1) is 0 Å². The normalized spacial score (nSPS) is 18.7. The molecule has 0 atom stereocenters. The fraction of sp³-hybridized carbons (Fsp3) is 0.625. The predicted octanol–water partition coefficient (Wildman–Crippen LogP) is 3.69. The van der Waals surface area contributed by atoms with Crippen LogP contribution in [0.3, 0.4) is 0 Å². The Balaban J connectivity index is 1.26. The molecule has 1 N–H and O–H groups in total. The summed E-state index contributed by atoms with van der Waals surface area (Å²) in [6.07, 6.45) is 16.1. The first-order valence-corrected chi connectivity index (χ1v) is 11.7. The molecule has 0 saturated carbocycles. The molecule has 2 aromatic heterocycles. The van der Waals surface area contributed by atoms with Gasteiger partial charge in [0.15, 0.2) is 0 Å². The van der Waals surface area contributed by atoms with Crippen LogP contribution in [0.1, 0.15) is 51.1 Å². The van der Waals surface area contributed by atoms with Crippen LogP contribution < -0.4 is 15.1 Å². The summed E-state index contributed by atoms with van der Waals surface area (Å²) < 4.78 is 0. The summed E-state index contributed by atoms with van der Waals surface area (Å²) >= 11 is 0. The maximum absolute atomic E-state index is 4.92. The molecule has 4 rings (SSSR count). The highest BCUT2D eigenvalue weighted by Gasteiger charge is 2.37. The summed E-state index contributed by atoms with van der Waals surface area (Å²) in [5.74, 6) is 1.07. The van der Waals surface area contributed by atoms with Crippen molar-refractivity contribution in [3.8, 4) is 0 Å². The zero-order chi connectivity index (χ0) is 20.7. The second-order valence-electron chi connectivity index (χ2n) is 8.90. The molecule has 0 amide bonds. The zero-order valence-electron chi connectivity index (χ0n) is 18.4. The van der Waals surface area contributed by atoms with E-state index in [1.165, 1.54) is 37.8 Å². The molecule has 2 aliphatic rings. The minimum Gasteiger partial charge on any atom is -0.371 e. The van der Waals surface area contributed by atoms with Gasteiger partial charge in [0.2, 0.25) is 0 Å². The van der Waals surface area contributed by atoms with Crippen LogP contribution in [-0.2, 0) is 6.42 Å². The number of hydrogen-bond donors (Lipinski definition) is 1. The van der Waals surface area contributed by atoms with Gasteiger partial charge in [-0.25, -0.2) is 4.98 Å². The molecule has 0 unspecified atom stereocenters. The van der Waals surface area contributed by atoms with Gasteiger partial charge < -0.3 is 15.1 Å². The van der Waals surface area contributed by atoms with Crippen molar-refractivity contribution in [3.05, 3.63) is 42.6 Å². The van der Waals surface area contributed by atoms with Gasteiger partial charge in [-0.2, -0.15) is 0 Å². The molecule has 2 aromatic rings. The van der Waals surface area contributed by atoms with Crippen molar-refractivity contribution in [2.45, 2.75) is 51.9 Å². The first kappa shape index (κ1) is 21.0. The standard InChI is InChI=1S/C24H36N6/c1-2-11-25-12-3-4-21-19-27-20-23(28-21)30-17-9-24(10-18-30)7-15-29(16-8-24)22-5-13-26-14-6-22/h5-6,13-14,19-20,25H,2-4,7-12,15-18H2,1H3. The van der Waals surface area contributed by atoms with Crippen LogP contribution >= 0.6 is 0 Å². The molecule has 1 spiro atoms. The molecule has 0 aromatic carbocycles. The number of aryl methyl sites for hydroxylation is 1. The third-order valence-corrected chi connectivity index (χ3v) is 6.89. The SMILES string of the molecule is CCCNCCCc1cncc(N2CCC3(CCN(c4ccncc4)CC3)CC2)n1. The van der Waals surface area contributed by atoms with Crippen molar-refractivity contribution in [1.29, 1.82) is 0 Å². The number of nitrogens with one attached hydrogen (secondary N) is 1. The Kier molecular flexibility index (Phi) is 7.16. The van der Waals surface area contributed by atoms with Crippen molar-refractivity contribution in [3.63, 3.8) is 0 Å². The Hall–Kier alpha value is -2.21. The maximum Gasteiger partial charge on any atom is 0.147 e. The molecular formula is C24H36N6. The lowest BCUT2D eigenvalue weighted by Crippen LogP contribution is -2.47. The molecule has 2 saturated heterocycles. The summed E-state index contributed by atoms with van der Waals surface area (Å²) in [6, 6.07) is 4.26. The van der Waals surface area contributed by atoms with Gasteiger partial charge in [0, 0.05) is 50.5 Å². The largest absolute Gasteiger partial charge is 0.371 e. The van der Waals surface area contributed by atoms with E-state index in [1.807, 2.05) is 24.8 Å². The number of rotatable bonds is 8. The lowest BCUT2D eigenvalue weighted by molar-refractivity contribution is 0.166. The fourth-order valence-corrected chi connectivity index (χ4v) is 4.87. The van der Waals surface area contributed by atoms with Crippen molar-refractivity contribution >= 4 is 11.5 Å². The second kappa shape index (κ2) is 10.2. The van der Waals surface area contributed by atoms with E-state index in [0.717, 1.165) is 63.6 Å². The Morgan fingerprint density at radius 1 is 0.900 bits per heavy atom. The summed E-state index contributed by atoms with van der Waals surface area (Å²) in [4.78, 5) is 18.5. The number of aromatic nitrogens is 3. The summed E-state index contributed by atoms with van der Waals surface area (Å²) in [6.45, 7) is 8.88. The summed E-state index contributed by atoms with van der Waals surface area (Å²) in [5, 5.41) is 3.46. The van der Waals surface area contributed by atoms with Crippen LogP contribution in [0.5, 0.6) is 0 Å². The topological polar surface area (TPSA) is 57.2 Å². The van der Waals surface area contributed by atoms with E-state index in [-0.39, 0.29) is 0 Å². The van der Waals surface area contributed by atoms with Crippen LogP contribution in [0.4, 0.5) is 11.5 Å². The number of anilines is 2. The average molecular weight is 409 g/mol. The van der Waals surface area contributed by atoms with Gasteiger partial charge in [-0.1, -0.05) is 6.92 Å². The highest BCUT2D eigenvalue weighted by Crippen LogP contribution is 2.42. The number of nitrogens with zero attached hydrogens (tertiary/aromatic N) is 5. The Morgan fingerprint density at radius 2 is 1.60 bits per heavy atom. The van der Waals surface area contributed by atoms with Crippen LogP contribution in [-0.4, -0.2) is 54.2 Å². The lowest BCUT2D eigenvalue weighted by atomic mass is 9.71. The molecule has 4 heterocycles. The Bertz CT molecular complexity index is 762. The van der Waals surface area contributed by atoms with E-state index in [1.54, 1.807) is 0 Å². The third kappa shape index (κ3) is 5.28.